The van der Waals surface area contributed by atoms with Gasteiger partial charge in [0.05, 0.1) is 24.9 Å². The van der Waals surface area contributed by atoms with Gasteiger partial charge in [0.2, 0.25) is 0 Å². The van der Waals surface area contributed by atoms with E-state index < -0.39 is 11.7 Å². The molecule has 2 heterocycles. The molecule has 1 aromatic rings. The van der Waals surface area contributed by atoms with Crippen molar-refractivity contribution in [1.82, 2.24) is 4.98 Å². The van der Waals surface area contributed by atoms with Crippen LogP contribution in [0.15, 0.2) is 18.3 Å². The molecule has 1 aliphatic heterocycles. The minimum atomic E-state index is -4.40. The number of rotatable bonds is 3. The Morgan fingerprint density at radius 2 is 2.32 bits per heavy atom. The van der Waals surface area contributed by atoms with E-state index in [0.717, 1.165) is 6.07 Å². The van der Waals surface area contributed by atoms with Crippen LogP contribution < -0.4 is 4.90 Å². The Balaban J connectivity index is 2.21. The molecule has 1 saturated heterocycles. The van der Waals surface area contributed by atoms with E-state index in [1.54, 1.807) is 4.90 Å². The van der Waals surface area contributed by atoms with Gasteiger partial charge in [-0.15, -0.1) is 0 Å². The molecule has 1 aliphatic rings. The summed E-state index contributed by atoms with van der Waals surface area (Å²) in [4.78, 5) is 5.47. The van der Waals surface area contributed by atoms with E-state index in [9.17, 15) is 13.2 Å². The molecule has 106 valence electrons. The van der Waals surface area contributed by atoms with Crippen LogP contribution in [-0.2, 0) is 15.7 Å². The van der Waals surface area contributed by atoms with E-state index in [0.29, 0.717) is 26.3 Å². The van der Waals surface area contributed by atoms with Crippen molar-refractivity contribution in [3.63, 3.8) is 0 Å². The Kier molecular flexibility index (Phi) is 4.26. The predicted molar refractivity (Wildman–Crippen MR) is 63.1 cm³/mol. The summed E-state index contributed by atoms with van der Waals surface area (Å²) in [6, 6.07) is 2.34. The van der Waals surface area contributed by atoms with E-state index >= 15 is 0 Å². The Hall–Kier alpha value is -1.34. The molecule has 0 amide bonds. The Morgan fingerprint density at radius 1 is 1.53 bits per heavy atom. The molecule has 1 atom stereocenters. The summed E-state index contributed by atoms with van der Waals surface area (Å²) in [7, 11) is 1.53. The van der Waals surface area contributed by atoms with Crippen molar-refractivity contribution in [3.8, 4) is 0 Å². The molecule has 0 spiro atoms. The number of methoxy groups -OCH3 is 1. The Bertz CT molecular complexity index is 424. The number of aromatic nitrogens is 1. The smallest absolute Gasteiger partial charge is 0.382 e. The average Bonchev–Trinajstić information content (AvgIpc) is 2.38. The van der Waals surface area contributed by atoms with Gasteiger partial charge in [0.1, 0.15) is 5.82 Å². The molecular weight excluding hydrogens is 261 g/mol. The minimum absolute atomic E-state index is 0.0422. The maximum Gasteiger partial charge on any atom is 0.419 e. The van der Waals surface area contributed by atoms with Crippen molar-refractivity contribution >= 4 is 5.82 Å². The molecule has 0 radical (unpaired) electrons. The molecule has 0 aromatic carbocycles. The van der Waals surface area contributed by atoms with Gasteiger partial charge in [-0.2, -0.15) is 13.2 Å². The second-order valence-corrected chi connectivity index (χ2v) is 4.27. The third-order valence-corrected chi connectivity index (χ3v) is 2.88. The number of hydrogen-bond donors (Lipinski definition) is 0. The van der Waals surface area contributed by atoms with Crippen molar-refractivity contribution < 1.29 is 22.6 Å². The van der Waals surface area contributed by atoms with Crippen molar-refractivity contribution in [2.45, 2.75) is 12.3 Å². The van der Waals surface area contributed by atoms with Crippen LogP contribution in [0.1, 0.15) is 5.56 Å². The average molecular weight is 276 g/mol. The highest BCUT2D eigenvalue weighted by Gasteiger charge is 2.36. The summed E-state index contributed by atoms with van der Waals surface area (Å²) < 4.78 is 49.2. The molecule has 0 aliphatic carbocycles. The van der Waals surface area contributed by atoms with Crippen LogP contribution in [0.5, 0.6) is 0 Å². The first kappa shape index (κ1) is 14.1. The van der Waals surface area contributed by atoms with Crippen LogP contribution in [0, 0.1) is 0 Å². The highest BCUT2D eigenvalue weighted by atomic mass is 19.4. The monoisotopic (exact) mass is 276 g/mol. The number of morpholine rings is 1. The van der Waals surface area contributed by atoms with E-state index in [1.807, 2.05) is 0 Å². The van der Waals surface area contributed by atoms with Gasteiger partial charge >= 0.3 is 6.18 Å². The van der Waals surface area contributed by atoms with Crippen molar-refractivity contribution in [3.05, 3.63) is 23.9 Å². The van der Waals surface area contributed by atoms with Crippen LogP contribution >= 0.6 is 0 Å². The highest BCUT2D eigenvalue weighted by Crippen LogP contribution is 2.35. The van der Waals surface area contributed by atoms with E-state index in [2.05, 4.69) is 4.98 Å². The lowest BCUT2D eigenvalue weighted by atomic mass is 10.2. The van der Waals surface area contributed by atoms with E-state index in [-0.39, 0.29) is 11.9 Å². The van der Waals surface area contributed by atoms with Gasteiger partial charge in [-0.05, 0) is 12.1 Å². The number of hydrogen-bond acceptors (Lipinski definition) is 4. The van der Waals surface area contributed by atoms with Gasteiger partial charge in [0.15, 0.2) is 0 Å². The van der Waals surface area contributed by atoms with Gasteiger partial charge in [0.25, 0.3) is 0 Å². The zero-order chi connectivity index (χ0) is 13.9. The lowest BCUT2D eigenvalue weighted by molar-refractivity contribution is -0.137. The van der Waals surface area contributed by atoms with Crippen molar-refractivity contribution in [1.29, 1.82) is 0 Å². The lowest BCUT2D eigenvalue weighted by Crippen LogP contribution is -2.45. The molecule has 19 heavy (non-hydrogen) atoms. The van der Waals surface area contributed by atoms with Gasteiger partial charge in [-0.3, -0.25) is 0 Å². The first-order valence-corrected chi connectivity index (χ1v) is 5.90. The molecule has 2 rings (SSSR count). The summed E-state index contributed by atoms with van der Waals surface area (Å²) >= 11 is 0. The summed E-state index contributed by atoms with van der Waals surface area (Å²) in [5.41, 5.74) is -0.715. The van der Waals surface area contributed by atoms with Crippen LogP contribution in [0.4, 0.5) is 19.0 Å². The Morgan fingerprint density at radius 3 is 3.00 bits per heavy atom. The number of anilines is 1. The van der Waals surface area contributed by atoms with Gasteiger partial charge < -0.3 is 14.4 Å². The first-order valence-electron chi connectivity index (χ1n) is 5.90. The zero-order valence-electron chi connectivity index (χ0n) is 10.5. The van der Waals surface area contributed by atoms with Gasteiger partial charge in [-0.1, -0.05) is 0 Å². The summed E-state index contributed by atoms with van der Waals surface area (Å²) in [5, 5.41) is 0. The fraction of sp³-hybridized carbons (Fsp3) is 0.583. The Labute approximate surface area is 109 Å². The largest absolute Gasteiger partial charge is 0.419 e. The third kappa shape index (κ3) is 3.36. The molecule has 1 fully saturated rings. The van der Waals surface area contributed by atoms with Gasteiger partial charge in [0, 0.05) is 26.4 Å². The standard InChI is InChI=1S/C12H15F3N2O2/c1-18-8-9-7-17(5-6-19-9)11-10(12(13,14)15)3-2-4-16-11/h2-4,9H,5-8H2,1H3/t9-/m0/s1. The predicted octanol–water partition coefficient (Wildman–Crippen LogP) is 1.95. The van der Waals surface area contributed by atoms with Gasteiger partial charge in [-0.25, -0.2) is 4.98 Å². The number of pyridine rings is 1. The molecule has 4 nitrogen and oxygen atoms in total. The number of nitrogens with zero attached hydrogens (tertiary/aromatic N) is 2. The summed E-state index contributed by atoms with van der Waals surface area (Å²) in [6.45, 7) is 1.45. The molecule has 0 N–H and O–H groups in total. The van der Waals surface area contributed by atoms with Crippen molar-refractivity contribution in [2.75, 3.05) is 38.3 Å². The molecular formula is C12H15F3N2O2. The molecule has 7 heteroatoms. The van der Waals surface area contributed by atoms with E-state index in [4.69, 9.17) is 9.47 Å². The van der Waals surface area contributed by atoms with Crippen LogP contribution in [0.2, 0.25) is 0 Å². The molecule has 1 aromatic heterocycles. The maximum atomic E-state index is 12.9. The topological polar surface area (TPSA) is 34.6 Å². The zero-order valence-corrected chi connectivity index (χ0v) is 10.5. The van der Waals surface area contributed by atoms with Crippen LogP contribution in [0.3, 0.4) is 0 Å². The SMILES string of the molecule is COC[C@@H]1CN(c2ncccc2C(F)(F)F)CCO1. The molecule has 0 bridgehead atoms. The van der Waals surface area contributed by atoms with Crippen LogP contribution in [0.25, 0.3) is 0 Å². The fourth-order valence-electron chi connectivity index (χ4n) is 2.07. The minimum Gasteiger partial charge on any atom is -0.382 e. The lowest BCUT2D eigenvalue weighted by Gasteiger charge is -2.34. The normalized spacial score (nSPS) is 20.6. The van der Waals surface area contributed by atoms with Crippen molar-refractivity contribution in [2.24, 2.45) is 0 Å². The number of halogens is 3. The van der Waals surface area contributed by atoms with Crippen LogP contribution in [-0.4, -0.2) is 44.5 Å². The number of ether oxygens (including phenoxy) is 2. The highest BCUT2D eigenvalue weighted by molar-refractivity contribution is 5.48. The number of alkyl halides is 3. The molecule has 0 unspecified atom stereocenters. The maximum absolute atomic E-state index is 12.9. The molecule has 0 saturated carbocycles. The summed E-state index contributed by atoms with van der Waals surface area (Å²) in [5.74, 6) is -0.0422. The quantitative estimate of drug-likeness (QED) is 0.845. The fourth-order valence-corrected chi connectivity index (χ4v) is 2.07. The second-order valence-electron chi connectivity index (χ2n) is 4.27. The summed E-state index contributed by atoms with van der Waals surface area (Å²) in [6.07, 6.45) is -3.27. The van der Waals surface area contributed by atoms with E-state index in [1.165, 1.54) is 19.4 Å². The second kappa shape index (κ2) is 5.75. The third-order valence-electron chi connectivity index (χ3n) is 2.88. The first-order chi connectivity index (χ1) is 9.02.